The minimum atomic E-state index is -4.07. The van der Waals surface area contributed by atoms with E-state index in [1.165, 1.54) is 12.1 Å². The van der Waals surface area contributed by atoms with Crippen LogP contribution in [0.2, 0.25) is 0 Å². The molecule has 10 heteroatoms. The van der Waals surface area contributed by atoms with Crippen molar-refractivity contribution in [1.29, 1.82) is 0 Å². The fourth-order valence-corrected chi connectivity index (χ4v) is 5.07. The summed E-state index contributed by atoms with van der Waals surface area (Å²) in [4.78, 5) is 0.0174. The summed E-state index contributed by atoms with van der Waals surface area (Å²) in [5.74, 6) is -1.38. The molecule has 0 aliphatic carbocycles. The van der Waals surface area contributed by atoms with E-state index < -0.39 is 21.7 Å². The van der Waals surface area contributed by atoms with Gasteiger partial charge in [0, 0.05) is 18.2 Å². The highest BCUT2D eigenvalue weighted by Crippen LogP contribution is 2.34. The molecule has 1 aliphatic rings. The molecule has 1 atom stereocenters. The Kier molecular flexibility index (Phi) is 6.00. The zero-order chi connectivity index (χ0) is 24.0. The predicted molar refractivity (Wildman–Crippen MR) is 123 cm³/mol. The summed E-state index contributed by atoms with van der Waals surface area (Å²) in [5, 5.41) is 11.5. The van der Waals surface area contributed by atoms with E-state index in [4.69, 9.17) is 0 Å². The van der Waals surface area contributed by atoms with Crippen molar-refractivity contribution in [3.63, 3.8) is 0 Å². The summed E-state index contributed by atoms with van der Waals surface area (Å²) < 4.78 is 58.9. The second-order valence-corrected chi connectivity index (χ2v) is 11.0. The van der Waals surface area contributed by atoms with Gasteiger partial charge in [0.05, 0.1) is 16.6 Å². The largest absolute Gasteiger partial charge is 0.315 e. The van der Waals surface area contributed by atoms with Crippen LogP contribution < -0.4 is 10.0 Å². The normalized spacial score (nSPS) is 16.8. The lowest BCUT2D eigenvalue weighted by atomic mass is 9.87. The maximum atomic E-state index is 14.3. The van der Waals surface area contributed by atoms with Crippen LogP contribution in [-0.2, 0) is 15.4 Å². The minimum absolute atomic E-state index is 0.0174. The molecular formula is C23H27F2N5O2S. The Morgan fingerprint density at radius 3 is 2.36 bits per heavy atom. The van der Waals surface area contributed by atoms with Gasteiger partial charge in [0.25, 0.3) is 10.0 Å². The first-order valence-electron chi connectivity index (χ1n) is 10.7. The molecule has 3 aromatic rings. The lowest BCUT2D eigenvalue weighted by Gasteiger charge is -2.20. The van der Waals surface area contributed by atoms with E-state index in [0.29, 0.717) is 12.4 Å². The maximum absolute atomic E-state index is 14.3. The van der Waals surface area contributed by atoms with Crippen LogP contribution >= 0.6 is 0 Å². The molecule has 2 N–H and O–H groups in total. The Bertz CT molecular complexity index is 1280. The van der Waals surface area contributed by atoms with Crippen molar-refractivity contribution in [3.05, 3.63) is 59.4 Å². The Morgan fingerprint density at radius 2 is 1.76 bits per heavy atom. The van der Waals surface area contributed by atoms with Crippen molar-refractivity contribution in [2.45, 2.75) is 50.5 Å². The van der Waals surface area contributed by atoms with E-state index in [1.807, 2.05) is 25.3 Å². The van der Waals surface area contributed by atoms with E-state index in [0.717, 1.165) is 30.7 Å². The van der Waals surface area contributed by atoms with Crippen molar-refractivity contribution in [2.24, 2.45) is 0 Å². The Balaban J connectivity index is 1.76. The second-order valence-electron chi connectivity index (χ2n) is 9.28. The van der Waals surface area contributed by atoms with Crippen molar-refractivity contribution < 1.29 is 17.2 Å². The summed E-state index contributed by atoms with van der Waals surface area (Å²) in [6.07, 6.45) is 0.816. The van der Waals surface area contributed by atoms with Gasteiger partial charge in [0.2, 0.25) is 0 Å². The fourth-order valence-electron chi connectivity index (χ4n) is 4.00. The standard InChI is InChI=1S/C23H27F2N5O2S/c1-14-27-28-22(30(14)16-9-10-26-13-16)18-11-19(24)20(25)12-21(18)29-33(31,32)17-7-5-15(6-8-17)23(2,3)4/h5-8,11-12,16,26,29H,9-10,13H2,1-4H3. The molecule has 1 fully saturated rings. The molecule has 0 bridgehead atoms. The third-order valence-corrected chi connectivity index (χ3v) is 7.22. The predicted octanol–water partition coefficient (Wildman–Crippen LogP) is 4.16. The van der Waals surface area contributed by atoms with Crippen LogP contribution in [-0.4, -0.2) is 36.3 Å². The van der Waals surface area contributed by atoms with Crippen molar-refractivity contribution in [1.82, 2.24) is 20.1 Å². The zero-order valence-corrected chi connectivity index (χ0v) is 19.8. The number of sulfonamides is 1. The summed E-state index contributed by atoms with van der Waals surface area (Å²) in [6.45, 7) is 9.34. The van der Waals surface area contributed by atoms with E-state index in [-0.39, 0.29) is 33.4 Å². The number of hydrogen-bond donors (Lipinski definition) is 2. The molecule has 1 aliphatic heterocycles. The molecule has 33 heavy (non-hydrogen) atoms. The van der Waals surface area contributed by atoms with E-state index in [9.17, 15) is 17.2 Å². The molecule has 0 saturated carbocycles. The fraction of sp³-hybridized carbons (Fsp3) is 0.391. The Labute approximate surface area is 192 Å². The second kappa shape index (κ2) is 8.49. The van der Waals surface area contributed by atoms with Crippen LogP contribution in [0.3, 0.4) is 0 Å². The SMILES string of the molecule is Cc1nnc(-c2cc(F)c(F)cc2NS(=O)(=O)c2ccc(C(C)(C)C)cc2)n1C1CCNC1. The average Bonchev–Trinajstić information content (AvgIpc) is 3.39. The summed E-state index contributed by atoms with van der Waals surface area (Å²) >= 11 is 0. The number of nitrogens with zero attached hydrogens (tertiary/aromatic N) is 3. The molecular weight excluding hydrogens is 448 g/mol. The highest BCUT2D eigenvalue weighted by atomic mass is 32.2. The minimum Gasteiger partial charge on any atom is -0.315 e. The van der Waals surface area contributed by atoms with Crippen molar-refractivity contribution >= 4 is 15.7 Å². The number of aromatic nitrogens is 3. The molecule has 7 nitrogen and oxygen atoms in total. The summed E-state index contributed by atoms with van der Waals surface area (Å²) in [5.41, 5.74) is 0.855. The van der Waals surface area contributed by atoms with E-state index in [2.05, 4.69) is 20.2 Å². The summed E-state index contributed by atoms with van der Waals surface area (Å²) in [7, 11) is -4.07. The van der Waals surface area contributed by atoms with Crippen LogP contribution in [0, 0.1) is 18.6 Å². The van der Waals surface area contributed by atoms with Gasteiger partial charge in [-0.25, -0.2) is 17.2 Å². The van der Waals surface area contributed by atoms with Gasteiger partial charge >= 0.3 is 0 Å². The van der Waals surface area contributed by atoms with Crippen LogP contribution in [0.5, 0.6) is 0 Å². The maximum Gasteiger partial charge on any atom is 0.261 e. The van der Waals surface area contributed by atoms with Crippen molar-refractivity contribution in [3.8, 4) is 11.4 Å². The summed E-state index contributed by atoms with van der Waals surface area (Å²) in [6, 6.07) is 8.31. The third kappa shape index (κ3) is 4.63. The van der Waals surface area contributed by atoms with Gasteiger partial charge < -0.3 is 9.88 Å². The molecule has 2 heterocycles. The van der Waals surface area contributed by atoms with Gasteiger partial charge in [-0.2, -0.15) is 0 Å². The van der Waals surface area contributed by atoms with Gasteiger partial charge in [-0.3, -0.25) is 4.72 Å². The molecule has 0 spiro atoms. The van der Waals surface area contributed by atoms with E-state index in [1.54, 1.807) is 19.1 Å². The van der Waals surface area contributed by atoms with Crippen molar-refractivity contribution in [2.75, 3.05) is 17.8 Å². The van der Waals surface area contributed by atoms with Gasteiger partial charge in [0.15, 0.2) is 17.5 Å². The first-order chi connectivity index (χ1) is 15.5. The topological polar surface area (TPSA) is 88.9 Å². The van der Waals surface area contributed by atoms with Gasteiger partial charge in [-0.05, 0) is 49.1 Å². The van der Waals surface area contributed by atoms with E-state index >= 15 is 0 Å². The van der Waals surface area contributed by atoms with Crippen LogP contribution in [0.15, 0.2) is 41.3 Å². The molecule has 1 saturated heterocycles. The van der Waals surface area contributed by atoms with Crippen LogP contribution in [0.4, 0.5) is 14.5 Å². The first-order valence-corrected chi connectivity index (χ1v) is 12.2. The lowest BCUT2D eigenvalue weighted by Crippen LogP contribution is -2.18. The molecule has 2 aromatic carbocycles. The van der Waals surface area contributed by atoms with Gasteiger partial charge in [-0.1, -0.05) is 32.9 Å². The molecule has 0 radical (unpaired) electrons. The van der Waals surface area contributed by atoms with Crippen LogP contribution in [0.1, 0.15) is 44.6 Å². The number of rotatable bonds is 5. The molecule has 0 amide bonds. The number of halogens is 2. The Morgan fingerprint density at radius 1 is 1.09 bits per heavy atom. The zero-order valence-electron chi connectivity index (χ0n) is 19.0. The molecule has 1 aromatic heterocycles. The number of aryl methyl sites for hydroxylation is 1. The van der Waals surface area contributed by atoms with Gasteiger partial charge in [0.1, 0.15) is 5.82 Å². The number of anilines is 1. The molecule has 176 valence electrons. The lowest BCUT2D eigenvalue weighted by molar-refractivity contribution is 0.508. The number of nitrogens with one attached hydrogen (secondary N) is 2. The van der Waals surface area contributed by atoms with Crippen LogP contribution in [0.25, 0.3) is 11.4 Å². The van der Waals surface area contributed by atoms with Gasteiger partial charge in [-0.15, -0.1) is 10.2 Å². The smallest absolute Gasteiger partial charge is 0.261 e. The quantitative estimate of drug-likeness (QED) is 0.578. The number of benzene rings is 2. The average molecular weight is 476 g/mol. The third-order valence-electron chi connectivity index (χ3n) is 5.84. The number of hydrogen-bond acceptors (Lipinski definition) is 5. The molecule has 4 rings (SSSR count). The Hall–Kier alpha value is -2.85. The highest BCUT2D eigenvalue weighted by molar-refractivity contribution is 7.92. The first kappa shape index (κ1) is 23.3. The monoisotopic (exact) mass is 475 g/mol. The molecule has 1 unspecified atom stereocenters. The highest BCUT2D eigenvalue weighted by Gasteiger charge is 2.27.